The maximum atomic E-state index is 13.5. The van der Waals surface area contributed by atoms with Gasteiger partial charge in [0.2, 0.25) is 5.88 Å². The Morgan fingerprint density at radius 2 is 2.00 bits per heavy atom. The molecule has 0 atom stereocenters. The van der Waals surface area contributed by atoms with Gasteiger partial charge < -0.3 is 10.5 Å². The first kappa shape index (κ1) is 13.2. The summed E-state index contributed by atoms with van der Waals surface area (Å²) in [7, 11) is 0. The molecule has 18 heavy (non-hydrogen) atoms. The quantitative estimate of drug-likeness (QED) is 0.931. The van der Waals surface area contributed by atoms with Crippen LogP contribution in [0.5, 0.6) is 5.88 Å². The van der Waals surface area contributed by atoms with E-state index in [2.05, 4.69) is 20.3 Å². The maximum absolute atomic E-state index is 13.5. The number of aromatic nitrogens is 1. The molecule has 0 amide bonds. The van der Waals surface area contributed by atoms with Crippen LogP contribution in [0.25, 0.3) is 0 Å². The number of ether oxygens (including phenoxy) is 1. The maximum Gasteiger partial charge on any atom is 0.230 e. The van der Waals surface area contributed by atoms with Crippen LogP contribution in [-0.4, -0.2) is 4.37 Å². The van der Waals surface area contributed by atoms with Gasteiger partial charge in [0.1, 0.15) is 23.2 Å². The predicted molar refractivity (Wildman–Crippen MR) is 69.7 cm³/mol. The highest BCUT2D eigenvalue weighted by Gasteiger charge is 2.14. The van der Waals surface area contributed by atoms with Gasteiger partial charge in [-0.3, -0.25) is 0 Å². The number of hydrogen-bond donors (Lipinski definition) is 1. The van der Waals surface area contributed by atoms with Crippen molar-refractivity contribution in [3.63, 3.8) is 0 Å². The summed E-state index contributed by atoms with van der Waals surface area (Å²) in [5, 5.41) is 0.529. The van der Waals surface area contributed by atoms with E-state index in [1.54, 1.807) is 6.92 Å². The summed E-state index contributed by atoms with van der Waals surface area (Å²) in [6.45, 7) is 1.51. The minimum atomic E-state index is -0.664. The summed E-state index contributed by atoms with van der Waals surface area (Å²) in [6, 6.07) is 2.37. The van der Waals surface area contributed by atoms with E-state index in [0.29, 0.717) is 20.9 Å². The Morgan fingerprint density at radius 3 is 2.50 bits per heavy atom. The fourth-order valence-corrected chi connectivity index (χ4v) is 2.32. The molecule has 2 rings (SSSR count). The number of nitrogens with two attached hydrogens (primary N) is 1. The second-order valence-electron chi connectivity index (χ2n) is 3.61. The Labute approximate surface area is 115 Å². The number of nitrogen functional groups attached to an aromatic ring is 1. The molecule has 0 radical (unpaired) electrons. The molecule has 0 fully saturated rings. The van der Waals surface area contributed by atoms with Crippen LogP contribution >= 0.6 is 27.5 Å². The lowest BCUT2D eigenvalue weighted by atomic mass is 10.2. The number of halogens is 3. The molecule has 1 aromatic heterocycles. The molecule has 0 aliphatic carbocycles. The fourth-order valence-electron chi connectivity index (χ4n) is 1.32. The van der Waals surface area contributed by atoms with Gasteiger partial charge in [-0.05, 0) is 30.6 Å². The molecule has 96 valence electrons. The molecular weight excluding hydrogens is 326 g/mol. The van der Waals surface area contributed by atoms with Crippen molar-refractivity contribution in [1.82, 2.24) is 4.37 Å². The van der Waals surface area contributed by atoms with E-state index >= 15 is 0 Å². The average Bonchev–Trinajstić information content (AvgIpc) is 2.59. The van der Waals surface area contributed by atoms with E-state index in [9.17, 15) is 8.78 Å². The summed E-state index contributed by atoms with van der Waals surface area (Å²) in [6.07, 6.45) is 0. The van der Waals surface area contributed by atoms with Gasteiger partial charge in [-0.2, -0.15) is 4.37 Å². The Bertz CT molecular complexity index is 565. The topological polar surface area (TPSA) is 48.1 Å². The van der Waals surface area contributed by atoms with E-state index < -0.39 is 11.6 Å². The predicted octanol–water partition coefficient (Wildman–Crippen LogP) is 3.65. The van der Waals surface area contributed by atoms with Crippen molar-refractivity contribution in [2.24, 2.45) is 0 Å². The molecular formula is C11H9BrF2N2OS. The number of nitrogens with zero attached hydrogens (tertiary/aromatic N) is 1. The fraction of sp³-hybridized carbons (Fsp3) is 0.182. The zero-order chi connectivity index (χ0) is 13.3. The molecule has 0 saturated carbocycles. The molecule has 2 aromatic rings. The van der Waals surface area contributed by atoms with E-state index in [0.717, 1.165) is 11.5 Å². The SMILES string of the molecule is Cc1c(OCc2c(F)cc(Br)cc2F)nsc1N. The van der Waals surface area contributed by atoms with Gasteiger partial charge in [0.05, 0.1) is 5.56 Å². The average molecular weight is 335 g/mol. The Hall–Kier alpha value is -1.21. The lowest BCUT2D eigenvalue weighted by molar-refractivity contribution is 0.282. The molecule has 1 aromatic carbocycles. The smallest absolute Gasteiger partial charge is 0.230 e. The first-order chi connectivity index (χ1) is 8.49. The zero-order valence-corrected chi connectivity index (χ0v) is 11.7. The summed E-state index contributed by atoms with van der Waals surface area (Å²) in [5.74, 6) is -1.02. The van der Waals surface area contributed by atoms with Crippen LogP contribution in [0.15, 0.2) is 16.6 Å². The molecule has 0 unspecified atom stereocenters. The van der Waals surface area contributed by atoms with Gasteiger partial charge in [0.25, 0.3) is 0 Å². The lowest BCUT2D eigenvalue weighted by Gasteiger charge is -2.07. The van der Waals surface area contributed by atoms with Crippen LogP contribution in [0.3, 0.4) is 0 Å². The highest BCUT2D eigenvalue weighted by atomic mass is 79.9. The van der Waals surface area contributed by atoms with E-state index in [1.165, 1.54) is 12.1 Å². The highest BCUT2D eigenvalue weighted by Crippen LogP contribution is 2.28. The minimum absolute atomic E-state index is 0.135. The Balaban J connectivity index is 2.18. The monoisotopic (exact) mass is 334 g/mol. The third-order valence-corrected chi connectivity index (χ3v) is 3.59. The molecule has 0 aliphatic rings. The van der Waals surface area contributed by atoms with Crippen molar-refractivity contribution in [3.05, 3.63) is 39.4 Å². The Kier molecular flexibility index (Phi) is 3.82. The van der Waals surface area contributed by atoms with Crippen molar-refractivity contribution in [2.45, 2.75) is 13.5 Å². The van der Waals surface area contributed by atoms with E-state index in [-0.39, 0.29) is 12.2 Å². The normalized spacial score (nSPS) is 10.7. The van der Waals surface area contributed by atoms with Crippen molar-refractivity contribution >= 4 is 32.5 Å². The van der Waals surface area contributed by atoms with Crippen LogP contribution in [-0.2, 0) is 6.61 Å². The molecule has 1 heterocycles. The third-order valence-electron chi connectivity index (χ3n) is 2.38. The second-order valence-corrected chi connectivity index (χ2v) is 5.33. The van der Waals surface area contributed by atoms with E-state index in [1.807, 2.05) is 0 Å². The molecule has 0 spiro atoms. The number of rotatable bonds is 3. The first-order valence-corrected chi connectivity index (χ1v) is 6.53. The highest BCUT2D eigenvalue weighted by molar-refractivity contribution is 9.10. The number of hydrogen-bond acceptors (Lipinski definition) is 4. The van der Waals surface area contributed by atoms with Gasteiger partial charge in [0.15, 0.2) is 0 Å². The molecule has 0 bridgehead atoms. The van der Waals surface area contributed by atoms with Crippen LogP contribution in [0.4, 0.5) is 13.8 Å². The van der Waals surface area contributed by atoms with Crippen molar-refractivity contribution in [3.8, 4) is 5.88 Å². The molecule has 2 N–H and O–H groups in total. The van der Waals surface area contributed by atoms with Gasteiger partial charge in [-0.1, -0.05) is 15.9 Å². The van der Waals surface area contributed by atoms with Crippen LogP contribution in [0.1, 0.15) is 11.1 Å². The van der Waals surface area contributed by atoms with Gasteiger partial charge in [-0.25, -0.2) is 8.78 Å². The van der Waals surface area contributed by atoms with Crippen molar-refractivity contribution in [2.75, 3.05) is 5.73 Å². The van der Waals surface area contributed by atoms with Crippen LogP contribution < -0.4 is 10.5 Å². The number of benzene rings is 1. The van der Waals surface area contributed by atoms with Gasteiger partial charge >= 0.3 is 0 Å². The van der Waals surface area contributed by atoms with Crippen LogP contribution in [0, 0.1) is 18.6 Å². The molecule has 7 heteroatoms. The third kappa shape index (κ3) is 2.62. The molecule has 0 saturated heterocycles. The summed E-state index contributed by atoms with van der Waals surface area (Å²) < 4.78 is 36.6. The van der Waals surface area contributed by atoms with Crippen molar-refractivity contribution in [1.29, 1.82) is 0 Å². The molecule has 3 nitrogen and oxygen atoms in total. The van der Waals surface area contributed by atoms with Crippen molar-refractivity contribution < 1.29 is 13.5 Å². The van der Waals surface area contributed by atoms with E-state index in [4.69, 9.17) is 10.5 Å². The van der Waals surface area contributed by atoms with Crippen LogP contribution in [0.2, 0.25) is 0 Å². The summed E-state index contributed by atoms with van der Waals surface area (Å²) in [5.41, 5.74) is 6.15. The molecule has 0 aliphatic heterocycles. The standard InChI is InChI=1S/C11H9BrF2N2OS/c1-5-10(15)18-16-11(5)17-4-7-8(13)2-6(12)3-9(7)14/h2-3H,4,15H2,1H3. The lowest BCUT2D eigenvalue weighted by Crippen LogP contribution is -2.03. The Morgan fingerprint density at radius 1 is 1.39 bits per heavy atom. The minimum Gasteiger partial charge on any atom is -0.472 e. The second kappa shape index (κ2) is 5.19. The number of anilines is 1. The van der Waals surface area contributed by atoms with Gasteiger partial charge in [0, 0.05) is 10.0 Å². The zero-order valence-electron chi connectivity index (χ0n) is 9.34. The summed E-state index contributed by atoms with van der Waals surface area (Å²) >= 11 is 4.09. The van der Waals surface area contributed by atoms with Gasteiger partial charge in [-0.15, -0.1) is 0 Å². The summed E-state index contributed by atoms with van der Waals surface area (Å²) in [4.78, 5) is 0. The largest absolute Gasteiger partial charge is 0.472 e. The first-order valence-electron chi connectivity index (χ1n) is 4.97.